The summed E-state index contributed by atoms with van der Waals surface area (Å²) in [6.07, 6.45) is 1.39. The van der Waals surface area contributed by atoms with Crippen molar-refractivity contribution in [2.24, 2.45) is 0 Å². The summed E-state index contributed by atoms with van der Waals surface area (Å²) in [5.41, 5.74) is 5.27. The zero-order valence-electron chi connectivity index (χ0n) is 24.0. The van der Waals surface area contributed by atoms with E-state index >= 15 is 0 Å². The van der Waals surface area contributed by atoms with E-state index in [1.165, 1.54) is 38.1 Å². The molecule has 2 N–H and O–H groups in total. The molecule has 0 aromatic heterocycles. The highest BCUT2D eigenvalue weighted by Gasteiger charge is 2.66. The molecule has 0 unspecified atom stereocenters. The van der Waals surface area contributed by atoms with Gasteiger partial charge in [-0.05, 0) is 110 Å². The minimum Gasteiger partial charge on any atom is -0.325 e. The summed E-state index contributed by atoms with van der Waals surface area (Å²) < 4.78 is 26.2. The number of anilines is 2. The number of carbonyl (C=O) groups is 4. The lowest BCUT2D eigenvalue weighted by atomic mass is 9.90. The third-order valence-corrected chi connectivity index (χ3v) is 9.59. The fourth-order valence-corrected chi connectivity index (χ4v) is 7.01. The first-order valence-corrected chi connectivity index (χ1v) is 14.5. The van der Waals surface area contributed by atoms with Gasteiger partial charge in [-0.1, -0.05) is 24.3 Å². The lowest BCUT2D eigenvalue weighted by Gasteiger charge is -2.09. The van der Waals surface area contributed by atoms with E-state index < -0.39 is 10.8 Å². The molecule has 8 heteroatoms. The Morgan fingerprint density at radius 1 is 0.614 bits per heavy atom. The standard InChI is InChI=1S/2C18H14FNO2/c2*1-10(21)12-4-7-16-14(8-12)18(17(22)20-16)9-15(18)11-2-5-13(19)6-3-11/h2*2-8,15H,9H2,1H3,(H,20,22)/t2*15-,18-/m10/s1. The van der Waals surface area contributed by atoms with Crippen molar-refractivity contribution in [1.29, 1.82) is 0 Å². The van der Waals surface area contributed by atoms with Crippen LogP contribution < -0.4 is 10.6 Å². The number of rotatable bonds is 4. The normalized spacial score (nSPS) is 25.0. The molecule has 0 radical (unpaired) electrons. The minimum absolute atomic E-state index is 0.0173. The van der Waals surface area contributed by atoms with E-state index in [9.17, 15) is 28.0 Å². The maximum Gasteiger partial charge on any atom is 0.235 e. The molecule has 8 rings (SSSR count). The molecule has 2 aliphatic carbocycles. The summed E-state index contributed by atoms with van der Waals surface area (Å²) >= 11 is 0. The fourth-order valence-electron chi connectivity index (χ4n) is 7.01. The van der Waals surface area contributed by atoms with Gasteiger partial charge in [-0.15, -0.1) is 0 Å². The summed E-state index contributed by atoms with van der Waals surface area (Å²) in [6.45, 7) is 3.03. The van der Waals surface area contributed by atoms with Crippen molar-refractivity contribution in [2.45, 2.75) is 49.4 Å². The number of Topliss-reactive ketones (excluding diaryl/α,β-unsaturated/α-hetero) is 2. The van der Waals surface area contributed by atoms with Crippen LogP contribution in [0.5, 0.6) is 0 Å². The van der Waals surface area contributed by atoms with Crippen molar-refractivity contribution in [3.05, 3.63) is 130 Å². The van der Waals surface area contributed by atoms with Crippen LogP contribution in [-0.4, -0.2) is 23.4 Å². The second kappa shape index (κ2) is 9.77. The smallest absolute Gasteiger partial charge is 0.235 e. The molecule has 2 spiro atoms. The Balaban J connectivity index is 0.000000142. The second-order valence-corrected chi connectivity index (χ2v) is 12.1. The first kappa shape index (κ1) is 27.8. The Kier molecular flexibility index (Phi) is 6.18. The predicted octanol–water partition coefficient (Wildman–Crippen LogP) is 6.81. The summed E-state index contributed by atoms with van der Waals surface area (Å²) in [4.78, 5) is 48.2. The SMILES string of the molecule is CC(=O)c1ccc2c(c1)[C@@]1(C[C@@H]1c1ccc(F)cc1)C(=O)N2.CC(=O)c1ccc2c(c1)[C@]1(C[C@H]1c1ccc(F)cc1)C(=O)N2. The topological polar surface area (TPSA) is 92.3 Å². The first-order valence-electron chi connectivity index (χ1n) is 14.5. The van der Waals surface area contributed by atoms with Crippen molar-refractivity contribution >= 4 is 34.8 Å². The molecular weight excluding hydrogens is 562 g/mol. The lowest BCUT2D eigenvalue weighted by molar-refractivity contribution is -0.118. The molecule has 4 atom stereocenters. The van der Waals surface area contributed by atoms with Gasteiger partial charge in [0.05, 0.1) is 10.8 Å². The molecule has 4 aromatic carbocycles. The summed E-state index contributed by atoms with van der Waals surface area (Å²) in [7, 11) is 0. The predicted molar refractivity (Wildman–Crippen MR) is 161 cm³/mol. The molecule has 4 aliphatic rings. The molecule has 220 valence electrons. The monoisotopic (exact) mass is 590 g/mol. The Morgan fingerprint density at radius 2 is 0.977 bits per heavy atom. The van der Waals surface area contributed by atoms with E-state index in [0.717, 1.165) is 33.6 Å². The van der Waals surface area contributed by atoms with Crippen LogP contribution in [-0.2, 0) is 20.4 Å². The van der Waals surface area contributed by atoms with Crippen LogP contribution in [0.2, 0.25) is 0 Å². The Bertz CT molecular complexity index is 1760. The van der Waals surface area contributed by atoms with Gasteiger partial charge in [-0.3, -0.25) is 19.2 Å². The van der Waals surface area contributed by atoms with Gasteiger partial charge in [-0.25, -0.2) is 8.78 Å². The molecule has 2 heterocycles. The first-order chi connectivity index (χ1) is 21.0. The van der Waals surface area contributed by atoms with Gasteiger partial charge in [-0.2, -0.15) is 0 Å². The number of hydrogen-bond donors (Lipinski definition) is 2. The molecule has 0 bridgehead atoms. The van der Waals surface area contributed by atoms with E-state index in [1.54, 1.807) is 48.5 Å². The average molecular weight is 591 g/mol. The molecule has 2 aliphatic heterocycles. The maximum absolute atomic E-state index is 13.1. The number of ketones is 2. The minimum atomic E-state index is -0.599. The number of fused-ring (bicyclic) bond motifs is 4. The number of halogens is 2. The fraction of sp³-hybridized carbons (Fsp3) is 0.222. The van der Waals surface area contributed by atoms with Crippen LogP contribution in [0.25, 0.3) is 0 Å². The lowest BCUT2D eigenvalue weighted by Crippen LogP contribution is -2.21. The third kappa shape index (κ3) is 4.19. The average Bonchev–Trinajstić information content (AvgIpc) is 3.89. The Hall–Kier alpha value is -4.98. The molecule has 2 amide bonds. The van der Waals surface area contributed by atoms with Crippen molar-refractivity contribution < 1.29 is 28.0 Å². The van der Waals surface area contributed by atoms with Crippen LogP contribution in [0, 0.1) is 11.6 Å². The van der Waals surface area contributed by atoms with Crippen LogP contribution in [0.15, 0.2) is 84.9 Å². The van der Waals surface area contributed by atoms with E-state index in [-0.39, 0.29) is 46.9 Å². The molecule has 6 nitrogen and oxygen atoms in total. The Morgan fingerprint density at radius 3 is 1.32 bits per heavy atom. The highest BCUT2D eigenvalue weighted by molar-refractivity contribution is 6.11. The van der Waals surface area contributed by atoms with Crippen molar-refractivity contribution in [1.82, 2.24) is 0 Å². The van der Waals surface area contributed by atoms with Crippen LogP contribution >= 0.6 is 0 Å². The number of carbonyl (C=O) groups excluding carboxylic acids is 4. The number of benzene rings is 4. The van der Waals surface area contributed by atoms with E-state index in [1.807, 2.05) is 12.1 Å². The second-order valence-electron chi connectivity index (χ2n) is 12.1. The number of amides is 2. The summed E-state index contributed by atoms with van der Waals surface area (Å²) in [5, 5.41) is 5.81. The molecule has 4 aromatic rings. The summed E-state index contributed by atoms with van der Waals surface area (Å²) in [6, 6.07) is 23.3. The van der Waals surface area contributed by atoms with Crippen molar-refractivity contribution in [3.8, 4) is 0 Å². The van der Waals surface area contributed by atoms with Gasteiger partial charge in [0.1, 0.15) is 11.6 Å². The van der Waals surface area contributed by atoms with Gasteiger partial charge in [0.2, 0.25) is 11.8 Å². The zero-order chi connectivity index (χ0) is 31.0. The Labute approximate surface area is 252 Å². The van der Waals surface area contributed by atoms with E-state index in [4.69, 9.17) is 0 Å². The van der Waals surface area contributed by atoms with Crippen molar-refractivity contribution in [2.75, 3.05) is 10.6 Å². The number of nitrogens with one attached hydrogen (secondary N) is 2. The molecule has 2 saturated carbocycles. The molecule has 2 fully saturated rings. The van der Waals surface area contributed by atoms with Gasteiger partial charge in [0.25, 0.3) is 0 Å². The largest absolute Gasteiger partial charge is 0.325 e. The quantitative estimate of drug-likeness (QED) is 0.256. The van der Waals surface area contributed by atoms with Gasteiger partial charge in [0, 0.05) is 34.3 Å². The van der Waals surface area contributed by atoms with Crippen LogP contribution in [0.4, 0.5) is 20.2 Å². The van der Waals surface area contributed by atoms with Gasteiger partial charge < -0.3 is 10.6 Å². The number of hydrogen-bond acceptors (Lipinski definition) is 4. The third-order valence-electron chi connectivity index (χ3n) is 9.59. The van der Waals surface area contributed by atoms with Crippen molar-refractivity contribution in [3.63, 3.8) is 0 Å². The molecule has 0 saturated heterocycles. The van der Waals surface area contributed by atoms with Gasteiger partial charge in [0.15, 0.2) is 11.6 Å². The van der Waals surface area contributed by atoms with E-state index in [2.05, 4.69) is 10.6 Å². The highest BCUT2D eigenvalue weighted by atomic mass is 19.1. The van der Waals surface area contributed by atoms with Crippen LogP contribution in [0.1, 0.15) is 81.5 Å². The van der Waals surface area contributed by atoms with Crippen LogP contribution in [0.3, 0.4) is 0 Å². The molecular formula is C36H28F2N2O4. The highest BCUT2D eigenvalue weighted by Crippen LogP contribution is 2.66. The zero-order valence-corrected chi connectivity index (χ0v) is 24.0. The van der Waals surface area contributed by atoms with Gasteiger partial charge >= 0.3 is 0 Å². The van der Waals surface area contributed by atoms with E-state index in [0.29, 0.717) is 24.0 Å². The molecule has 44 heavy (non-hydrogen) atoms. The maximum atomic E-state index is 13.1. The summed E-state index contributed by atoms with van der Waals surface area (Å²) in [5.74, 6) is -0.585.